The minimum atomic E-state index is -0.175. The molecule has 0 aliphatic heterocycles. The molecule has 0 aromatic carbocycles. The summed E-state index contributed by atoms with van der Waals surface area (Å²) in [4.78, 5) is 33.1. The van der Waals surface area contributed by atoms with Crippen molar-refractivity contribution in [1.82, 2.24) is 44.4 Å². The summed E-state index contributed by atoms with van der Waals surface area (Å²) in [5, 5.41) is 16.3. The molecule has 0 radical (unpaired) electrons. The number of carbonyl (C=O) groups excluding carboxylic acids is 1. The van der Waals surface area contributed by atoms with Crippen LogP contribution in [-0.4, -0.2) is 70.7 Å². The highest BCUT2D eigenvalue weighted by atomic mass is 32.1. The van der Waals surface area contributed by atoms with Crippen LogP contribution < -0.4 is 5.32 Å². The molecule has 45 heavy (non-hydrogen) atoms. The molecule has 7 rings (SSSR count). The molecule has 7 aromatic heterocycles. The highest BCUT2D eigenvalue weighted by Gasteiger charge is 2.20. The maximum absolute atomic E-state index is 13.7. The second kappa shape index (κ2) is 12.3. The zero-order valence-corrected chi connectivity index (χ0v) is 26.7. The second-order valence-corrected chi connectivity index (χ2v) is 12.5. The SMILES string of the molecule is CCN(CC)C(C)CNC(=O)c1cc(-c2cnn3ccc(-c4cccs4)nc23)nc(-c2cnn3ccc(-c4cccs4)nc23)c1. The maximum Gasteiger partial charge on any atom is 0.251 e. The fourth-order valence-electron chi connectivity index (χ4n) is 5.48. The quantitative estimate of drug-likeness (QED) is 0.185. The molecule has 0 fully saturated rings. The van der Waals surface area contributed by atoms with Gasteiger partial charge in [0.25, 0.3) is 5.91 Å². The van der Waals surface area contributed by atoms with E-state index in [1.165, 1.54) is 0 Å². The minimum Gasteiger partial charge on any atom is -0.350 e. The van der Waals surface area contributed by atoms with Crippen molar-refractivity contribution in [3.63, 3.8) is 0 Å². The molecule has 7 heterocycles. The predicted octanol–water partition coefficient (Wildman–Crippen LogP) is 6.42. The molecule has 0 aliphatic rings. The first-order valence-electron chi connectivity index (χ1n) is 14.8. The van der Waals surface area contributed by atoms with Gasteiger partial charge in [0.1, 0.15) is 0 Å². The molecule has 1 N–H and O–H groups in total. The zero-order valence-electron chi connectivity index (χ0n) is 25.1. The van der Waals surface area contributed by atoms with Crippen LogP contribution in [0.1, 0.15) is 31.1 Å². The number of rotatable bonds is 10. The molecule has 1 atom stereocenters. The Bertz CT molecular complexity index is 1960. The fourth-order valence-corrected chi connectivity index (χ4v) is 6.87. The largest absolute Gasteiger partial charge is 0.350 e. The number of carbonyl (C=O) groups is 1. The smallest absolute Gasteiger partial charge is 0.251 e. The third-order valence-electron chi connectivity index (χ3n) is 7.92. The number of nitrogens with one attached hydrogen (secondary N) is 1. The summed E-state index contributed by atoms with van der Waals surface area (Å²) >= 11 is 3.26. The van der Waals surface area contributed by atoms with E-state index in [-0.39, 0.29) is 11.9 Å². The standard InChI is InChI=1S/C33H31N9OS2/c1-4-40(5-2)21(3)18-34-33(43)22-16-27(23-19-35-41-12-10-25(38-31(23)41)29-8-6-14-44-29)37-28(17-22)24-20-36-42-13-11-26(39-32(24)42)30-9-7-15-45-30/h6-17,19-21H,4-5,18H2,1-3H3,(H,34,43). The van der Waals surface area contributed by atoms with Gasteiger partial charge < -0.3 is 5.32 Å². The van der Waals surface area contributed by atoms with E-state index >= 15 is 0 Å². The third kappa shape index (κ3) is 5.63. The molecule has 0 spiro atoms. The Kier molecular flexibility index (Phi) is 7.92. The van der Waals surface area contributed by atoms with Gasteiger partial charge in [-0.2, -0.15) is 10.2 Å². The molecule has 10 nitrogen and oxygen atoms in total. The lowest BCUT2D eigenvalue weighted by Gasteiger charge is -2.26. The molecular formula is C33H31N9OS2. The summed E-state index contributed by atoms with van der Waals surface area (Å²) in [5.41, 5.74) is 6.15. The molecule has 226 valence electrons. The van der Waals surface area contributed by atoms with E-state index in [1.807, 2.05) is 71.7 Å². The van der Waals surface area contributed by atoms with Gasteiger partial charge in [-0.1, -0.05) is 26.0 Å². The van der Waals surface area contributed by atoms with Gasteiger partial charge in [-0.25, -0.2) is 24.0 Å². The van der Waals surface area contributed by atoms with Crippen LogP contribution in [0.2, 0.25) is 0 Å². The van der Waals surface area contributed by atoms with Crippen molar-refractivity contribution in [3.8, 4) is 43.7 Å². The van der Waals surface area contributed by atoms with Crippen LogP contribution in [0.25, 0.3) is 55.0 Å². The molecule has 0 saturated carbocycles. The van der Waals surface area contributed by atoms with Gasteiger partial charge in [0.05, 0.1) is 56.1 Å². The van der Waals surface area contributed by atoms with Crippen LogP contribution >= 0.6 is 22.7 Å². The van der Waals surface area contributed by atoms with Crippen molar-refractivity contribution in [2.75, 3.05) is 19.6 Å². The summed E-state index contributed by atoms with van der Waals surface area (Å²) in [5.74, 6) is -0.175. The number of nitrogens with zero attached hydrogens (tertiary/aromatic N) is 8. The Morgan fingerprint density at radius 2 is 1.33 bits per heavy atom. The average molecular weight is 634 g/mol. The van der Waals surface area contributed by atoms with E-state index in [0.717, 1.165) is 45.4 Å². The molecule has 0 saturated heterocycles. The van der Waals surface area contributed by atoms with Gasteiger partial charge in [0.15, 0.2) is 11.3 Å². The highest BCUT2D eigenvalue weighted by Crippen LogP contribution is 2.32. The Balaban J connectivity index is 1.34. The molecule has 0 aliphatic carbocycles. The minimum absolute atomic E-state index is 0.175. The second-order valence-electron chi connectivity index (χ2n) is 10.6. The van der Waals surface area contributed by atoms with Crippen molar-refractivity contribution >= 4 is 39.9 Å². The number of amides is 1. The third-order valence-corrected chi connectivity index (χ3v) is 9.70. The van der Waals surface area contributed by atoms with E-state index in [1.54, 1.807) is 44.1 Å². The predicted molar refractivity (Wildman–Crippen MR) is 180 cm³/mol. The van der Waals surface area contributed by atoms with Gasteiger partial charge in [0.2, 0.25) is 0 Å². The van der Waals surface area contributed by atoms with Crippen molar-refractivity contribution in [2.45, 2.75) is 26.8 Å². The van der Waals surface area contributed by atoms with Crippen molar-refractivity contribution < 1.29 is 4.79 Å². The number of fused-ring (bicyclic) bond motifs is 2. The number of hydrogen-bond donors (Lipinski definition) is 1. The Labute approximate surface area is 268 Å². The summed E-state index contributed by atoms with van der Waals surface area (Å²) in [6.07, 6.45) is 7.29. The van der Waals surface area contributed by atoms with Crippen LogP contribution in [-0.2, 0) is 0 Å². The van der Waals surface area contributed by atoms with E-state index in [2.05, 4.69) is 41.2 Å². The normalized spacial score (nSPS) is 12.4. The maximum atomic E-state index is 13.7. The zero-order chi connectivity index (χ0) is 30.9. The van der Waals surface area contributed by atoms with Crippen LogP contribution in [0, 0.1) is 0 Å². The van der Waals surface area contributed by atoms with Crippen molar-refractivity contribution in [2.24, 2.45) is 0 Å². The number of likely N-dealkylation sites (N-methyl/N-ethyl adjacent to an activating group) is 1. The summed E-state index contributed by atoms with van der Waals surface area (Å²) < 4.78 is 3.47. The fraction of sp³-hybridized carbons (Fsp3) is 0.212. The first kappa shape index (κ1) is 29.0. The topological polar surface area (TPSA) is 106 Å². The Morgan fingerprint density at radius 3 is 1.80 bits per heavy atom. The summed E-state index contributed by atoms with van der Waals surface area (Å²) in [6, 6.07) is 15.8. The van der Waals surface area contributed by atoms with Gasteiger partial charge in [-0.15, -0.1) is 22.7 Å². The van der Waals surface area contributed by atoms with E-state index < -0.39 is 0 Å². The van der Waals surface area contributed by atoms with Gasteiger partial charge in [0, 0.05) is 30.5 Å². The molecule has 0 bridgehead atoms. The van der Waals surface area contributed by atoms with Crippen LogP contribution in [0.15, 0.2) is 84.1 Å². The first-order valence-corrected chi connectivity index (χ1v) is 16.6. The monoisotopic (exact) mass is 633 g/mol. The lowest BCUT2D eigenvalue weighted by Crippen LogP contribution is -2.42. The van der Waals surface area contributed by atoms with E-state index in [9.17, 15) is 4.79 Å². The van der Waals surface area contributed by atoms with Gasteiger partial charge in [-0.05, 0) is 67.2 Å². The average Bonchev–Trinajstić information content (AvgIpc) is 3.90. The lowest BCUT2D eigenvalue weighted by atomic mass is 10.1. The molecule has 7 aromatic rings. The molecule has 12 heteroatoms. The number of aromatic nitrogens is 7. The molecule has 1 unspecified atom stereocenters. The first-order chi connectivity index (χ1) is 22.0. The van der Waals surface area contributed by atoms with Crippen molar-refractivity contribution in [3.05, 3.63) is 89.6 Å². The Morgan fingerprint density at radius 1 is 0.800 bits per heavy atom. The van der Waals surface area contributed by atoms with Crippen LogP contribution in [0.4, 0.5) is 0 Å². The Hall–Kier alpha value is -4.78. The molecular weight excluding hydrogens is 603 g/mol. The number of thiophene rings is 2. The summed E-state index contributed by atoms with van der Waals surface area (Å²) in [7, 11) is 0. The summed E-state index contributed by atoms with van der Waals surface area (Å²) in [6.45, 7) is 8.75. The van der Waals surface area contributed by atoms with Crippen LogP contribution in [0.5, 0.6) is 0 Å². The van der Waals surface area contributed by atoms with Gasteiger partial charge in [-0.3, -0.25) is 9.69 Å². The van der Waals surface area contributed by atoms with Crippen LogP contribution in [0.3, 0.4) is 0 Å². The number of pyridine rings is 1. The number of hydrogen-bond acceptors (Lipinski definition) is 9. The van der Waals surface area contributed by atoms with Gasteiger partial charge >= 0.3 is 0 Å². The lowest BCUT2D eigenvalue weighted by molar-refractivity contribution is 0.0938. The van der Waals surface area contributed by atoms with Crippen molar-refractivity contribution in [1.29, 1.82) is 0 Å². The molecule has 1 amide bonds. The highest BCUT2D eigenvalue weighted by molar-refractivity contribution is 7.13. The van der Waals surface area contributed by atoms with E-state index in [4.69, 9.17) is 15.0 Å². The van der Waals surface area contributed by atoms with E-state index in [0.29, 0.717) is 34.8 Å².